The Labute approximate surface area is 127 Å². The highest BCUT2D eigenvalue weighted by Crippen LogP contribution is 2.31. The monoisotopic (exact) mass is 337 g/mol. The van der Waals surface area contributed by atoms with E-state index in [1.807, 2.05) is 0 Å². The molecule has 0 fully saturated rings. The maximum absolute atomic E-state index is 12.5. The molecule has 0 bridgehead atoms. The summed E-state index contributed by atoms with van der Waals surface area (Å²) >= 11 is 11.6. The van der Waals surface area contributed by atoms with E-state index in [2.05, 4.69) is 9.97 Å². The first-order valence-electron chi connectivity index (χ1n) is 5.63. The van der Waals surface area contributed by atoms with Crippen molar-refractivity contribution < 1.29 is 18.0 Å². The fraction of sp³-hybridized carbons (Fsp3) is 0.250. The van der Waals surface area contributed by atoms with Gasteiger partial charge in [-0.2, -0.15) is 13.2 Å². The fourth-order valence-corrected chi connectivity index (χ4v) is 2.24. The van der Waals surface area contributed by atoms with Crippen LogP contribution in [0.3, 0.4) is 0 Å². The largest absolute Gasteiger partial charge is 0.417 e. The van der Waals surface area contributed by atoms with E-state index in [0.717, 1.165) is 6.07 Å². The number of imidazole rings is 1. The molecule has 0 aromatic carbocycles. The molecule has 0 aliphatic heterocycles. The summed E-state index contributed by atoms with van der Waals surface area (Å²) in [6.45, 7) is 1.60. The van der Waals surface area contributed by atoms with Gasteiger partial charge in [0.05, 0.1) is 22.8 Å². The number of carbonyl (C=O) groups excluding carboxylic acids is 1. The van der Waals surface area contributed by atoms with E-state index < -0.39 is 11.7 Å². The van der Waals surface area contributed by atoms with Crippen molar-refractivity contribution in [3.05, 3.63) is 45.2 Å². The molecule has 0 radical (unpaired) electrons. The topological polar surface area (TPSA) is 47.8 Å². The van der Waals surface area contributed by atoms with E-state index in [9.17, 15) is 18.0 Å². The Morgan fingerprint density at radius 3 is 2.57 bits per heavy atom. The van der Waals surface area contributed by atoms with Crippen molar-refractivity contribution in [1.29, 1.82) is 0 Å². The van der Waals surface area contributed by atoms with E-state index in [-0.39, 0.29) is 28.1 Å². The van der Waals surface area contributed by atoms with Crippen LogP contribution in [0.5, 0.6) is 0 Å². The quantitative estimate of drug-likeness (QED) is 0.801. The van der Waals surface area contributed by atoms with Crippen LogP contribution in [0.1, 0.15) is 27.6 Å². The highest BCUT2D eigenvalue weighted by atomic mass is 35.5. The maximum Gasteiger partial charge on any atom is 0.417 e. The minimum atomic E-state index is -4.52. The van der Waals surface area contributed by atoms with Gasteiger partial charge in [-0.1, -0.05) is 23.2 Å². The van der Waals surface area contributed by atoms with Gasteiger partial charge in [-0.3, -0.25) is 9.78 Å². The van der Waals surface area contributed by atoms with Crippen LogP contribution >= 0.6 is 23.2 Å². The molecule has 2 heterocycles. The molecule has 0 saturated heterocycles. The molecule has 0 spiro atoms. The molecule has 0 atom stereocenters. The van der Waals surface area contributed by atoms with E-state index in [0.29, 0.717) is 18.3 Å². The van der Waals surface area contributed by atoms with Crippen molar-refractivity contribution in [2.75, 3.05) is 0 Å². The number of hydrogen-bond acceptors (Lipinski definition) is 3. The summed E-state index contributed by atoms with van der Waals surface area (Å²) in [4.78, 5) is 18.6. The number of alkyl halides is 3. The first kappa shape index (κ1) is 15.8. The van der Waals surface area contributed by atoms with Crippen molar-refractivity contribution in [3.63, 3.8) is 0 Å². The summed E-state index contributed by atoms with van der Waals surface area (Å²) in [5, 5.41) is -0.128. The van der Waals surface area contributed by atoms with Gasteiger partial charge in [-0.15, -0.1) is 0 Å². The van der Waals surface area contributed by atoms with Crippen LogP contribution in [0.2, 0.25) is 10.2 Å². The summed E-state index contributed by atoms with van der Waals surface area (Å²) < 4.78 is 39.0. The van der Waals surface area contributed by atoms with E-state index in [1.165, 1.54) is 4.57 Å². The van der Waals surface area contributed by atoms with Crippen LogP contribution in [0.4, 0.5) is 13.2 Å². The Kier molecular flexibility index (Phi) is 4.25. The summed E-state index contributed by atoms with van der Waals surface area (Å²) in [6.07, 6.45) is -3.31. The molecule has 2 aromatic heterocycles. The van der Waals surface area contributed by atoms with Crippen molar-refractivity contribution in [2.45, 2.75) is 19.6 Å². The van der Waals surface area contributed by atoms with Crippen molar-refractivity contribution in [2.24, 2.45) is 0 Å². The van der Waals surface area contributed by atoms with Gasteiger partial charge < -0.3 is 4.57 Å². The van der Waals surface area contributed by atoms with Crippen LogP contribution in [-0.2, 0) is 12.7 Å². The Balaban J connectivity index is 2.39. The third kappa shape index (κ3) is 3.19. The van der Waals surface area contributed by atoms with Gasteiger partial charge >= 0.3 is 6.18 Å². The third-order valence-corrected chi connectivity index (χ3v) is 3.42. The minimum Gasteiger partial charge on any atom is -0.319 e. The Hall–Kier alpha value is -1.60. The molecule has 0 amide bonds. The lowest BCUT2D eigenvalue weighted by molar-refractivity contribution is -0.137. The van der Waals surface area contributed by atoms with Gasteiger partial charge in [-0.25, -0.2) is 4.98 Å². The second kappa shape index (κ2) is 5.65. The molecule has 21 heavy (non-hydrogen) atoms. The molecule has 0 saturated carbocycles. The number of hydrogen-bond donors (Lipinski definition) is 0. The first-order valence-corrected chi connectivity index (χ1v) is 6.39. The standard InChI is InChI=1S/C12H8Cl2F3N3O/c1-6-19-11(14)10(5-21)20(6)4-9-8(13)2-7(3-18-9)12(15,16)17/h2-3,5H,4H2,1H3. The molecule has 9 heteroatoms. The summed E-state index contributed by atoms with van der Waals surface area (Å²) in [7, 11) is 0. The number of aromatic nitrogens is 3. The molecule has 0 aliphatic carbocycles. The first-order chi connectivity index (χ1) is 9.74. The molecular weight excluding hydrogens is 330 g/mol. The Morgan fingerprint density at radius 2 is 2.05 bits per heavy atom. The number of rotatable bonds is 3. The Morgan fingerprint density at radius 1 is 1.38 bits per heavy atom. The second-order valence-electron chi connectivity index (χ2n) is 4.19. The van der Waals surface area contributed by atoms with Gasteiger partial charge in [-0.05, 0) is 13.0 Å². The summed E-state index contributed by atoms with van der Waals surface area (Å²) in [5.74, 6) is 0.430. The molecule has 2 aromatic rings. The number of aryl methyl sites for hydroxylation is 1. The number of aldehydes is 1. The van der Waals surface area contributed by atoms with E-state index >= 15 is 0 Å². The molecule has 0 unspecified atom stereocenters. The van der Waals surface area contributed by atoms with Gasteiger partial charge in [0.25, 0.3) is 0 Å². The molecule has 112 valence electrons. The molecule has 0 N–H and O–H groups in total. The zero-order chi connectivity index (χ0) is 15.8. The number of nitrogens with zero attached hydrogens (tertiary/aromatic N) is 3. The lowest BCUT2D eigenvalue weighted by atomic mass is 10.2. The Bertz CT molecular complexity index is 698. The van der Waals surface area contributed by atoms with E-state index in [4.69, 9.17) is 23.2 Å². The van der Waals surface area contributed by atoms with Crippen molar-refractivity contribution in [3.8, 4) is 0 Å². The van der Waals surface area contributed by atoms with Crippen LogP contribution in [0.15, 0.2) is 12.3 Å². The predicted molar refractivity (Wildman–Crippen MR) is 70.7 cm³/mol. The van der Waals surface area contributed by atoms with Gasteiger partial charge in [0.2, 0.25) is 0 Å². The number of halogens is 5. The third-order valence-electron chi connectivity index (χ3n) is 2.82. The van der Waals surface area contributed by atoms with Gasteiger partial charge in [0, 0.05) is 6.20 Å². The minimum absolute atomic E-state index is 0.00338. The number of pyridine rings is 1. The summed E-state index contributed by atoms with van der Waals surface area (Å²) in [5.41, 5.74) is -0.635. The SMILES string of the molecule is Cc1nc(Cl)c(C=O)n1Cc1ncc(C(F)(F)F)cc1Cl. The molecular formula is C12H8Cl2F3N3O. The molecule has 0 aliphatic rings. The molecule has 2 rings (SSSR count). The smallest absolute Gasteiger partial charge is 0.319 e. The van der Waals surface area contributed by atoms with Crippen LogP contribution in [0.25, 0.3) is 0 Å². The zero-order valence-electron chi connectivity index (χ0n) is 10.6. The van der Waals surface area contributed by atoms with E-state index in [1.54, 1.807) is 6.92 Å². The lowest BCUT2D eigenvalue weighted by Crippen LogP contribution is -2.10. The average Bonchev–Trinajstić information content (AvgIpc) is 2.64. The van der Waals surface area contributed by atoms with Crippen molar-refractivity contribution in [1.82, 2.24) is 14.5 Å². The molecule has 4 nitrogen and oxygen atoms in total. The predicted octanol–water partition coefficient (Wildman–Crippen LogP) is 3.77. The summed E-state index contributed by atoms with van der Waals surface area (Å²) in [6, 6.07) is 0.790. The highest BCUT2D eigenvalue weighted by molar-refractivity contribution is 6.32. The zero-order valence-corrected chi connectivity index (χ0v) is 12.1. The average molecular weight is 338 g/mol. The van der Waals surface area contributed by atoms with Gasteiger partial charge in [0.15, 0.2) is 11.4 Å². The number of carbonyl (C=O) groups is 1. The maximum atomic E-state index is 12.5. The van der Waals surface area contributed by atoms with Gasteiger partial charge in [0.1, 0.15) is 11.5 Å². The van der Waals surface area contributed by atoms with Crippen LogP contribution in [0, 0.1) is 6.92 Å². The van der Waals surface area contributed by atoms with Crippen LogP contribution < -0.4 is 0 Å². The normalized spacial score (nSPS) is 11.7. The second-order valence-corrected chi connectivity index (χ2v) is 4.95. The highest BCUT2D eigenvalue weighted by Gasteiger charge is 2.31. The van der Waals surface area contributed by atoms with Crippen LogP contribution in [-0.4, -0.2) is 20.8 Å². The lowest BCUT2D eigenvalue weighted by Gasteiger charge is -2.11. The fourth-order valence-electron chi connectivity index (χ4n) is 1.74. The van der Waals surface area contributed by atoms with Crippen molar-refractivity contribution >= 4 is 29.5 Å².